The Kier molecular flexibility index (Phi) is 6.00. The van der Waals surface area contributed by atoms with Gasteiger partial charge in [-0.1, -0.05) is 141 Å². The van der Waals surface area contributed by atoms with Crippen LogP contribution in [0.3, 0.4) is 0 Å². The van der Waals surface area contributed by atoms with Gasteiger partial charge in [0.25, 0.3) is 0 Å². The van der Waals surface area contributed by atoms with Crippen LogP contribution in [-0.2, 0) is 5.41 Å². The number of hydrogen-bond donors (Lipinski definition) is 0. The maximum Gasteiger partial charge on any atom is 0.123 e. The van der Waals surface area contributed by atoms with Gasteiger partial charge >= 0.3 is 0 Å². The predicted molar refractivity (Wildman–Crippen MR) is 220 cm³/mol. The topological polar surface area (TPSA) is 0 Å². The van der Waals surface area contributed by atoms with E-state index in [1.807, 2.05) is 12.1 Å². The Morgan fingerprint density at radius 1 is 0.346 bits per heavy atom. The van der Waals surface area contributed by atoms with Gasteiger partial charge in [0.1, 0.15) is 5.82 Å². The first kappa shape index (κ1) is 29.4. The van der Waals surface area contributed by atoms with E-state index in [1.54, 1.807) is 12.1 Å². The van der Waals surface area contributed by atoms with Gasteiger partial charge in [-0.05, 0) is 146 Å². The van der Waals surface area contributed by atoms with E-state index in [4.69, 9.17) is 0 Å². The highest BCUT2D eigenvalue weighted by Crippen LogP contribution is 2.53. The van der Waals surface area contributed by atoms with Crippen LogP contribution in [0.4, 0.5) is 4.39 Å². The molecule has 0 saturated heterocycles. The van der Waals surface area contributed by atoms with Gasteiger partial charge < -0.3 is 0 Å². The van der Waals surface area contributed by atoms with Crippen molar-refractivity contribution in [3.8, 4) is 33.4 Å². The first-order valence-electron chi connectivity index (χ1n) is 18.1. The molecule has 1 aliphatic rings. The zero-order valence-electron chi connectivity index (χ0n) is 29.0. The summed E-state index contributed by atoms with van der Waals surface area (Å²) in [7, 11) is 0. The van der Waals surface area contributed by atoms with Crippen molar-refractivity contribution < 1.29 is 4.39 Å². The maximum atomic E-state index is 14.1. The summed E-state index contributed by atoms with van der Waals surface area (Å²) in [5, 5.41) is 14.7. The molecule has 0 aromatic heterocycles. The molecule has 0 spiro atoms. The van der Waals surface area contributed by atoms with Gasteiger partial charge in [-0.15, -0.1) is 0 Å². The second kappa shape index (κ2) is 10.6. The van der Waals surface area contributed by atoms with Crippen molar-refractivity contribution in [2.45, 2.75) is 19.3 Å². The number of benzene rings is 10. The van der Waals surface area contributed by atoms with Crippen LogP contribution < -0.4 is 0 Å². The van der Waals surface area contributed by atoms with Gasteiger partial charge in [-0.25, -0.2) is 4.39 Å². The lowest BCUT2D eigenvalue weighted by Crippen LogP contribution is -2.15. The van der Waals surface area contributed by atoms with E-state index in [9.17, 15) is 4.39 Å². The number of hydrogen-bond acceptors (Lipinski definition) is 0. The molecule has 0 nitrogen and oxygen atoms in total. The average molecular weight is 665 g/mol. The minimum absolute atomic E-state index is 0.183. The quantitative estimate of drug-likeness (QED) is 0.127. The van der Waals surface area contributed by atoms with Crippen LogP contribution >= 0.6 is 0 Å². The summed E-state index contributed by atoms with van der Waals surface area (Å²) in [5.41, 5.74) is 10.1. The summed E-state index contributed by atoms with van der Waals surface area (Å²) >= 11 is 0. The molecule has 0 aliphatic heterocycles. The molecule has 0 heterocycles. The minimum atomic E-state index is -0.212. The van der Waals surface area contributed by atoms with Crippen molar-refractivity contribution in [1.82, 2.24) is 0 Å². The van der Waals surface area contributed by atoms with Crippen molar-refractivity contribution in [2.75, 3.05) is 0 Å². The van der Waals surface area contributed by atoms with Crippen LogP contribution in [0.1, 0.15) is 25.0 Å². The molecule has 11 rings (SSSR count). The van der Waals surface area contributed by atoms with Crippen LogP contribution in [0.2, 0.25) is 0 Å². The summed E-state index contributed by atoms with van der Waals surface area (Å²) in [4.78, 5) is 0. The third-order valence-electron chi connectivity index (χ3n) is 11.8. The lowest BCUT2D eigenvalue weighted by atomic mass is 9.79. The highest BCUT2D eigenvalue weighted by molar-refractivity contribution is 6.26. The van der Waals surface area contributed by atoms with E-state index < -0.39 is 0 Å². The molecule has 0 atom stereocenters. The summed E-state index contributed by atoms with van der Waals surface area (Å²) in [6.07, 6.45) is 0. The Balaban J connectivity index is 1.15. The zero-order valence-corrected chi connectivity index (χ0v) is 29.0. The molecule has 0 saturated carbocycles. The molecule has 0 N–H and O–H groups in total. The SMILES string of the molecule is CC1(C)c2cc(-c3c4ccccc4c(-c4ccc5cc(F)ccc5c4)c4ccccc34)ccc2-c2cc3c4ccccc4c4ccccc4c3cc21. The van der Waals surface area contributed by atoms with Gasteiger partial charge in [0.15, 0.2) is 0 Å². The van der Waals surface area contributed by atoms with Gasteiger partial charge in [0.05, 0.1) is 0 Å². The van der Waals surface area contributed by atoms with Gasteiger partial charge in [0, 0.05) is 5.41 Å². The standard InChI is InChI=1S/C51H33F/c1-51(2)47-27-33(22-24-39(47)46-28-44-37-13-5-3-11-35(37)36-12-4-6-14-38(36)45(44)29-48(46)51)50-42-17-9-7-15-40(42)49(41-16-8-10-18-43(41)50)32-20-19-31-26-34(52)23-21-30(31)25-32/h3-29H,1-2H3. The fraction of sp³-hybridized carbons (Fsp3) is 0.0588. The number of halogens is 1. The van der Waals surface area contributed by atoms with Crippen LogP contribution in [-0.4, -0.2) is 0 Å². The van der Waals surface area contributed by atoms with Crippen LogP contribution in [0.25, 0.3) is 98.0 Å². The van der Waals surface area contributed by atoms with Crippen molar-refractivity contribution in [3.63, 3.8) is 0 Å². The zero-order chi connectivity index (χ0) is 34.7. The molecule has 10 aromatic carbocycles. The second-order valence-corrected chi connectivity index (χ2v) is 15.0. The third kappa shape index (κ3) is 4.02. The fourth-order valence-corrected chi connectivity index (χ4v) is 9.41. The Labute approximate surface area is 301 Å². The molecular weight excluding hydrogens is 632 g/mol. The van der Waals surface area contributed by atoms with E-state index in [-0.39, 0.29) is 11.2 Å². The van der Waals surface area contributed by atoms with Crippen molar-refractivity contribution >= 4 is 64.6 Å². The maximum absolute atomic E-state index is 14.1. The molecule has 52 heavy (non-hydrogen) atoms. The summed E-state index contributed by atoms with van der Waals surface area (Å²) in [6.45, 7) is 4.78. The lowest BCUT2D eigenvalue weighted by molar-refractivity contribution is 0.630. The Morgan fingerprint density at radius 3 is 1.35 bits per heavy atom. The van der Waals surface area contributed by atoms with E-state index in [0.29, 0.717) is 0 Å². The first-order valence-corrected chi connectivity index (χ1v) is 18.1. The average Bonchev–Trinajstić information content (AvgIpc) is 3.40. The molecule has 0 radical (unpaired) electrons. The van der Waals surface area contributed by atoms with Crippen LogP contribution in [0.5, 0.6) is 0 Å². The Bertz CT molecular complexity index is 3110. The Morgan fingerprint density at radius 2 is 0.769 bits per heavy atom. The second-order valence-electron chi connectivity index (χ2n) is 15.0. The summed E-state index contributed by atoms with van der Waals surface area (Å²) in [6, 6.07) is 58.9. The lowest BCUT2D eigenvalue weighted by Gasteiger charge is -2.23. The third-order valence-corrected chi connectivity index (χ3v) is 11.8. The largest absolute Gasteiger partial charge is 0.207 e. The predicted octanol–water partition coefficient (Wildman–Crippen LogP) is 14.4. The van der Waals surface area contributed by atoms with Crippen molar-refractivity contribution in [1.29, 1.82) is 0 Å². The first-order chi connectivity index (χ1) is 25.5. The Hall–Kier alpha value is -6.31. The number of rotatable bonds is 2. The van der Waals surface area contributed by atoms with E-state index in [1.165, 1.54) is 92.8 Å². The molecule has 0 unspecified atom stereocenters. The highest BCUT2D eigenvalue weighted by atomic mass is 19.1. The molecule has 0 bridgehead atoms. The summed E-state index contributed by atoms with van der Waals surface area (Å²) in [5.74, 6) is -0.212. The molecule has 1 heteroatoms. The van der Waals surface area contributed by atoms with E-state index >= 15 is 0 Å². The molecule has 1 aliphatic carbocycles. The normalized spacial score (nSPS) is 13.4. The van der Waals surface area contributed by atoms with Gasteiger partial charge in [-0.2, -0.15) is 0 Å². The molecule has 244 valence electrons. The molecular formula is C51H33F. The molecule has 10 aromatic rings. The van der Waals surface area contributed by atoms with E-state index in [2.05, 4.69) is 153 Å². The smallest absolute Gasteiger partial charge is 0.123 e. The van der Waals surface area contributed by atoms with Gasteiger partial charge in [-0.3, -0.25) is 0 Å². The monoisotopic (exact) mass is 664 g/mol. The van der Waals surface area contributed by atoms with E-state index in [0.717, 1.165) is 16.3 Å². The van der Waals surface area contributed by atoms with Gasteiger partial charge in [0.2, 0.25) is 0 Å². The fourth-order valence-electron chi connectivity index (χ4n) is 9.41. The van der Waals surface area contributed by atoms with Crippen LogP contribution in [0, 0.1) is 5.82 Å². The highest BCUT2D eigenvalue weighted by Gasteiger charge is 2.36. The number of fused-ring (bicyclic) bond motifs is 12. The molecule has 0 amide bonds. The van der Waals surface area contributed by atoms with Crippen LogP contribution in [0.15, 0.2) is 164 Å². The van der Waals surface area contributed by atoms with Crippen molar-refractivity contribution in [2.24, 2.45) is 0 Å². The van der Waals surface area contributed by atoms with Crippen molar-refractivity contribution in [3.05, 3.63) is 181 Å². The summed E-state index contributed by atoms with van der Waals surface area (Å²) < 4.78 is 14.1. The minimum Gasteiger partial charge on any atom is -0.207 e. The molecule has 0 fully saturated rings.